The molecule has 1 saturated heterocycles. The van der Waals surface area contributed by atoms with Crippen LogP contribution in [0.4, 0.5) is 0 Å². The minimum absolute atomic E-state index is 0. The molecule has 1 aliphatic heterocycles. The first-order valence-corrected chi connectivity index (χ1v) is 10.8. The van der Waals surface area contributed by atoms with Crippen molar-refractivity contribution in [3.8, 4) is 0 Å². The van der Waals surface area contributed by atoms with Crippen LogP contribution in [0.15, 0.2) is 0 Å². The Kier molecular flexibility index (Phi) is 7.99. The standard InChI is InChI=1S/C14H26N2O3S2.ClH/c1-16(14(17)9-11-10-20-8-7-15-11)12-5-3-4-6-13(12)21(2,18)19;/h11-13,15H,3-10H2,1-2H3;1H. The zero-order valence-corrected chi connectivity index (χ0v) is 15.7. The molecular formula is C14H27ClN2O3S2. The SMILES string of the molecule is CN(C(=O)CC1CSCCN1)C1CCCCC1S(C)(=O)=O.Cl. The topological polar surface area (TPSA) is 66.5 Å². The summed E-state index contributed by atoms with van der Waals surface area (Å²) in [5.41, 5.74) is 0. The average molecular weight is 371 g/mol. The van der Waals surface area contributed by atoms with Crippen LogP contribution in [0.25, 0.3) is 0 Å². The second-order valence-corrected chi connectivity index (χ2v) is 9.57. The maximum Gasteiger partial charge on any atom is 0.224 e. The van der Waals surface area contributed by atoms with E-state index in [-0.39, 0.29) is 30.4 Å². The number of sulfone groups is 1. The van der Waals surface area contributed by atoms with E-state index in [0.717, 1.165) is 37.3 Å². The molecule has 0 aromatic rings. The molecule has 8 heteroatoms. The van der Waals surface area contributed by atoms with Gasteiger partial charge in [0.15, 0.2) is 9.84 Å². The van der Waals surface area contributed by atoms with Crippen molar-refractivity contribution in [3.63, 3.8) is 0 Å². The minimum Gasteiger partial charge on any atom is -0.341 e. The fraction of sp³-hybridized carbons (Fsp3) is 0.929. The third-order valence-corrected chi connectivity index (χ3v) is 7.31. The third kappa shape index (κ3) is 5.28. The van der Waals surface area contributed by atoms with Gasteiger partial charge in [0, 0.05) is 49.9 Å². The van der Waals surface area contributed by atoms with Crippen molar-refractivity contribution in [2.45, 2.75) is 49.4 Å². The van der Waals surface area contributed by atoms with E-state index in [1.807, 2.05) is 11.8 Å². The van der Waals surface area contributed by atoms with E-state index in [4.69, 9.17) is 0 Å². The van der Waals surface area contributed by atoms with Crippen LogP contribution in [0.3, 0.4) is 0 Å². The number of hydrogen-bond donors (Lipinski definition) is 1. The lowest BCUT2D eigenvalue weighted by atomic mass is 9.93. The number of hydrogen-bond acceptors (Lipinski definition) is 5. The number of nitrogens with zero attached hydrogens (tertiary/aromatic N) is 1. The molecule has 0 radical (unpaired) electrons. The second-order valence-electron chi connectivity index (χ2n) is 6.15. The molecule has 130 valence electrons. The molecule has 2 fully saturated rings. The van der Waals surface area contributed by atoms with E-state index < -0.39 is 15.1 Å². The summed E-state index contributed by atoms with van der Waals surface area (Å²) in [6.45, 7) is 0.946. The molecule has 0 bridgehead atoms. The summed E-state index contributed by atoms with van der Waals surface area (Å²) in [5, 5.41) is 2.97. The Labute approximate surface area is 144 Å². The minimum atomic E-state index is -3.10. The van der Waals surface area contributed by atoms with Crippen LogP contribution in [-0.2, 0) is 14.6 Å². The molecule has 0 spiro atoms. The number of amides is 1. The highest BCUT2D eigenvalue weighted by Gasteiger charge is 2.37. The normalized spacial score (nSPS) is 29.5. The maximum absolute atomic E-state index is 12.5. The molecule has 1 saturated carbocycles. The largest absolute Gasteiger partial charge is 0.341 e. The first-order valence-electron chi connectivity index (χ1n) is 7.65. The summed E-state index contributed by atoms with van der Waals surface area (Å²) in [6, 6.07) is 0.0662. The van der Waals surface area contributed by atoms with Crippen molar-refractivity contribution in [1.29, 1.82) is 0 Å². The molecule has 5 nitrogen and oxygen atoms in total. The predicted molar refractivity (Wildman–Crippen MR) is 94.6 cm³/mol. The van der Waals surface area contributed by atoms with Gasteiger partial charge in [-0.05, 0) is 12.8 Å². The van der Waals surface area contributed by atoms with Crippen molar-refractivity contribution in [2.75, 3.05) is 31.4 Å². The van der Waals surface area contributed by atoms with Gasteiger partial charge in [-0.15, -0.1) is 12.4 Å². The van der Waals surface area contributed by atoms with Crippen molar-refractivity contribution >= 4 is 39.9 Å². The van der Waals surface area contributed by atoms with E-state index in [0.29, 0.717) is 12.8 Å². The fourth-order valence-corrected chi connectivity index (χ4v) is 5.74. The van der Waals surface area contributed by atoms with Crippen LogP contribution < -0.4 is 5.32 Å². The molecule has 22 heavy (non-hydrogen) atoms. The van der Waals surface area contributed by atoms with E-state index in [1.54, 1.807) is 11.9 Å². The van der Waals surface area contributed by atoms with Crippen LogP contribution in [0.5, 0.6) is 0 Å². The maximum atomic E-state index is 12.5. The molecule has 2 aliphatic rings. The van der Waals surface area contributed by atoms with Crippen LogP contribution in [0.2, 0.25) is 0 Å². The van der Waals surface area contributed by atoms with Gasteiger partial charge in [-0.25, -0.2) is 8.42 Å². The van der Waals surface area contributed by atoms with Gasteiger partial charge in [0.05, 0.1) is 5.25 Å². The number of carbonyl (C=O) groups excluding carboxylic acids is 1. The summed E-state index contributed by atoms with van der Waals surface area (Å²) in [7, 11) is -1.33. The predicted octanol–water partition coefficient (Wildman–Crippen LogP) is 1.32. The van der Waals surface area contributed by atoms with Gasteiger partial charge >= 0.3 is 0 Å². The highest BCUT2D eigenvalue weighted by atomic mass is 35.5. The average Bonchev–Trinajstić information content (AvgIpc) is 2.46. The number of carbonyl (C=O) groups is 1. The second kappa shape index (κ2) is 8.76. The Hall–Kier alpha value is 0.0200. The van der Waals surface area contributed by atoms with Crippen molar-refractivity contribution < 1.29 is 13.2 Å². The van der Waals surface area contributed by atoms with Gasteiger partial charge in [0.25, 0.3) is 0 Å². The lowest BCUT2D eigenvalue weighted by Gasteiger charge is -2.37. The highest BCUT2D eigenvalue weighted by molar-refractivity contribution is 7.99. The van der Waals surface area contributed by atoms with Crippen LogP contribution >= 0.6 is 24.2 Å². The van der Waals surface area contributed by atoms with E-state index in [9.17, 15) is 13.2 Å². The quantitative estimate of drug-likeness (QED) is 0.808. The van der Waals surface area contributed by atoms with Crippen molar-refractivity contribution in [2.24, 2.45) is 0 Å². The van der Waals surface area contributed by atoms with Gasteiger partial charge in [-0.1, -0.05) is 12.8 Å². The smallest absolute Gasteiger partial charge is 0.224 e. The van der Waals surface area contributed by atoms with Gasteiger partial charge in [0.1, 0.15) is 0 Å². The lowest BCUT2D eigenvalue weighted by Crippen LogP contribution is -2.51. The lowest BCUT2D eigenvalue weighted by molar-refractivity contribution is -0.132. The van der Waals surface area contributed by atoms with Crippen molar-refractivity contribution in [3.05, 3.63) is 0 Å². The number of nitrogens with one attached hydrogen (secondary N) is 1. The number of rotatable bonds is 4. The number of halogens is 1. The van der Waals surface area contributed by atoms with Crippen LogP contribution in [0, 0.1) is 0 Å². The van der Waals surface area contributed by atoms with E-state index in [1.165, 1.54) is 6.26 Å². The summed E-state index contributed by atoms with van der Waals surface area (Å²) in [4.78, 5) is 14.2. The first-order chi connectivity index (χ1) is 9.89. The molecule has 1 N–H and O–H groups in total. The summed E-state index contributed by atoms with van der Waals surface area (Å²) in [6.07, 6.45) is 5.19. The summed E-state index contributed by atoms with van der Waals surface area (Å²) in [5.74, 6) is 2.12. The zero-order chi connectivity index (χ0) is 15.5. The van der Waals surface area contributed by atoms with E-state index >= 15 is 0 Å². The fourth-order valence-electron chi connectivity index (χ4n) is 3.31. The molecule has 1 amide bonds. The van der Waals surface area contributed by atoms with Gasteiger partial charge in [-0.3, -0.25) is 4.79 Å². The Morgan fingerprint density at radius 2 is 2.00 bits per heavy atom. The Morgan fingerprint density at radius 1 is 1.32 bits per heavy atom. The van der Waals surface area contributed by atoms with Crippen molar-refractivity contribution in [1.82, 2.24) is 10.2 Å². The molecular weight excluding hydrogens is 344 g/mol. The van der Waals surface area contributed by atoms with Gasteiger partial charge in [0.2, 0.25) is 5.91 Å². The third-order valence-electron chi connectivity index (χ3n) is 4.53. The van der Waals surface area contributed by atoms with Crippen LogP contribution in [0.1, 0.15) is 32.1 Å². The highest BCUT2D eigenvalue weighted by Crippen LogP contribution is 2.28. The Morgan fingerprint density at radius 3 is 2.59 bits per heavy atom. The molecule has 0 aromatic carbocycles. The molecule has 2 rings (SSSR count). The molecule has 1 aliphatic carbocycles. The Bertz CT molecular complexity index is 467. The molecule has 3 atom stereocenters. The monoisotopic (exact) mass is 370 g/mol. The summed E-state index contributed by atoms with van der Waals surface area (Å²) < 4.78 is 23.9. The Balaban J connectivity index is 0.00000242. The van der Waals surface area contributed by atoms with Crippen LogP contribution in [-0.4, -0.2) is 67.9 Å². The zero-order valence-electron chi connectivity index (χ0n) is 13.3. The van der Waals surface area contributed by atoms with E-state index in [2.05, 4.69) is 5.32 Å². The molecule has 3 unspecified atom stereocenters. The van der Waals surface area contributed by atoms with Gasteiger partial charge in [-0.2, -0.15) is 11.8 Å². The molecule has 1 heterocycles. The summed E-state index contributed by atoms with van der Waals surface area (Å²) >= 11 is 1.87. The number of thioether (sulfide) groups is 1. The molecule has 0 aromatic heterocycles. The van der Waals surface area contributed by atoms with Gasteiger partial charge < -0.3 is 10.2 Å². The first kappa shape index (κ1) is 20.1.